The van der Waals surface area contributed by atoms with E-state index in [-0.39, 0.29) is 23.6 Å². The summed E-state index contributed by atoms with van der Waals surface area (Å²) < 4.78 is 0. The molecule has 0 radical (unpaired) electrons. The lowest BCUT2D eigenvalue weighted by Crippen LogP contribution is -2.35. The van der Waals surface area contributed by atoms with Crippen LogP contribution < -0.4 is 5.32 Å². The molecule has 0 amide bonds. The van der Waals surface area contributed by atoms with E-state index in [1.807, 2.05) is 0 Å². The Bertz CT molecular complexity index is 406. The first-order valence-electron chi connectivity index (χ1n) is 6.48. The summed E-state index contributed by atoms with van der Waals surface area (Å²) in [4.78, 5) is 10.7. The van der Waals surface area contributed by atoms with Crippen molar-refractivity contribution in [1.29, 1.82) is 0 Å². The first-order valence-corrected chi connectivity index (χ1v) is 6.48. The second kappa shape index (κ2) is 6.68. The van der Waals surface area contributed by atoms with Gasteiger partial charge in [-0.3, -0.25) is 0 Å². The summed E-state index contributed by atoms with van der Waals surface area (Å²) in [5.41, 5.74) is 1.46. The van der Waals surface area contributed by atoms with Gasteiger partial charge in [-0.05, 0) is 29.5 Å². The standard InChI is InChI=1S/C15H23NO3/c1-15(2,3)8-13(10-17)16-9-11-4-6-12(7-5-11)14(18)19/h4-7,13,16-17H,8-10H2,1-3H3,(H,18,19). The molecule has 0 fully saturated rings. The first-order chi connectivity index (χ1) is 8.81. The summed E-state index contributed by atoms with van der Waals surface area (Å²) >= 11 is 0. The van der Waals surface area contributed by atoms with Gasteiger partial charge in [-0.1, -0.05) is 32.9 Å². The molecular weight excluding hydrogens is 242 g/mol. The smallest absolute Gasteiger partial charge is 0.335 e. The molecule has 4 heteroatoms. The molecular formula is C15H23NO3. The third-order valence-electron chi connectivity index (χ3n) is 2.87. The fourth-order valence-electron chi connectivity index (χ4n) is 1.97. The number of hydrogen-bond donors (Lipinski definition) is 3. The van der Waals surface area contributed by atoms with Crippen LogP contribution in [-0.4, -0.2) is 28.8 Å². The van der Waals surface area contributed by atoms with Crippen LogP contribution >= 0.6 is 0 Å². The normalized spacial score (nSPS) is 13.3. The number of carboxylic acid groups (broad SMARTS) is 1. The molecule has 0 aromatic heterocycles. The molecule has 4 nitrogen and oxygen atoms in total. The molecule has 1 rings (SSSR count). The van der Waals surface area contributed by atoms with Gasteiger partial charge in [-0.2, -0.15) is 0 Å². The van der Waals surface area contributed by atoms with E-state index in [4.69, 9.17) is 5.11 Å². The van der Waals surface area contributed by atoms with Crippen molar-refractivity contribution >= 4 is 5.97 Å². The Morgan fingerprint density at radius 3 is 2.26 bits per heavy atom. The van der Waals surface area contributed by atoms with Gasteiger partial charge in [-0.15, -0.1) is 0 Å². The van der Waals surface area contributed by atoms with Gasteiger partial charge >= 0.3 is 5.97 Å². The average molecular weight is 265 g/mol. The minimum Gasteiger partial charge on any atom is -0.478 e. The zero-order valence-corrected chi connectivity index (χ0v) is 11.8. The quantitative estimate of drug-likeness (QED) is 0.738. The summed E-state index contributed by atoms with van der Waals surface area (Å²) in [5, 5.41) is 21.4. The van der Waals surface area contributed by atoms with Crippen LogP contribution in [0.4, 0.5) is 0 Å². The molecule has 0 saturated carbocycles. The van der Waals surface area contributed by atoms with Gasteiger partial charge < -0.3 is 15.5 Å². The highest BCUT2D eigenvalue weighted by atomic mass is 16.4. The lowest BCUT2D eigenvalue weighted by molar-refractivity contribution is 0.0697. The van der Waals surface area contributed by atoms with Gasteiger partial charge in [-0.25, -0.2) is 4.79 Å². The molecule has 1 atom stereocenters. The van der Waals surface area contributed by atoms with Crippen LogP contribution in [-0.2, 0) is 6.54 Å². The summed E-state index contributed by atoms with van der Waals surface area (Å²) in [6.45, 7) is 7.14. The number of rotatable bonds is 6. The van der Waals surface area contributed by atoms with Crippen molar-refractivity contribution in [3.63, 3.8) is 0 Å². The van der Waals surface area contributed by atoms with Gasteiger partial charge in [0.05, 0.1) is 12.2 Å². The van der Waals surface area contributed by atoms with E-state index in [9.17, 15) is 9.90 Å². The lowest BCUT2D eigenvalue weighted by Gasteiger charge is -2.25. The third kappa shape index (κ3) is 5.85. The largest absolute Gasteiger partial charge is 0.478 e. The number of benzene rings is 1. The predicted octanol–water partition coefficient (Wildman–Crippen LogP) is 2.27. The Hall–Kier alpha value is -1.39. The fraction of sp³-hybridized carbons (Fsp3) is 0.533. The second-order valence-corrected chi connectivity index (χ2v) is 6.03. The molecule has 1 aromatic carbocycles. The zero-order chi connectivity index (χ0) is 14.5. The number of carbonyl (C=O) groups is 1. The molecule has 0 aliphatic rings. The number of aliphatic hydroxyl groups is 1. The minimum atomic E-state index is -0.916. The maximum Gasteiger partial charge on any atom is 0.335 e. The van der Waals surface area contributed by atoms with Crippen molar-refractivity contribution in [3.05, 3.63) is 35.4 Å². The Kier molecular flexibility index (Phi) is 5.51. The predicted molar refractivity (Wildman–Crippen MR) is 75.2 cm³/mol. The molecule has 1 unspecified atom stereocenters. The van der Waals surface area contributed by atoms with Crippen LogP contribution in [0.3, 0.4) is 0 Å². The van der Waals surface area contributed by atoms with Gasteiger partial charge in [0.1, 0.15) is 0 Å². The van der Waals surface area contributed by atoms with Crippen LogP contribution in [0.2, 0.25) is 0 Å². The van der Waals surface area contributed by atoms with E-state index < -0.39 is 5.97 Å². The highest BCUT2D eigenvalue weighted by molar-refractivity contribution is 5.87. The maximum atomic E-state index is 10.7. The topological polar surface area (TPSA) is 69.6 Å². The van der Waals surface area contributed by atoms with Gasteiger partial charge in [0.2, 0.25) is 0 Å². The van der Waals surface area contributed by atoms with E-state index in [1.54, 1.807) is 24.3 Å². The van der Waals surface area contributed by atoms with Crippen LogP contribution in [0.15, 0.2) is 24.3 Å². The molecule has 0 aliphatic heterocycles. The third-order valence-corrected chi connectivity index (χ3v) is 2.87. The molecule has 106 valence electrons. The van der Waals surface area contributed by atoms with Crippen molar-refractivity contribution in [2.24, 2.45) is 5.41 Å². The van der Waals surface area contributed by atoms with E-state index >= 15 is 0 Å². The summed E-state index contributed by atoms with van der Waals surface area (Å²) in [5.74, 6) is -0.916. The van der Waals surface area contributed by atoms with E-state index in [1.165, 1.54) is 0 Å². The average Bonchev–Trinajstić information content (AvgIpc) is 2.33. The lowest BCUT2D eigenvalue weighted by atomic mass is 9.88. The first kappa shape index (κ1) is 15.7. The highest BCUT2D eigenvalue weighted by Crippen LogP contribution is 2.20. The maximum absolute atomic E-state index is 10.7. The molecule has 0 bridgehead atoms. The molecule has 0 saturated heterocycles. The molecule has 3 N–H and O–H groups in total. The van der Waals surface area contributed by atoms with E-state index in [2.05, 4.69) is 26.1 Å². The van der Waals surface area contributed by atoms with Crippen LogP contribution in [0.1, 0.15) is 43.1 Å². The summed E-state index contributed by atoms with van der Waals surface area (Å²) in [7, 11) is 0. The van der Waals surface area contributed by atoms with E-state index in [0.29, 0.717) is 6.54 Å². The highest BCUT2D eigenvalue weighted by Gasteiger charge is 2.17. The SMILES string of the molecule is CC(C)(C)CC(CO)NCc1ccc(C(=O)O)cc1. The van der Waals surface area contributed by atoms with Crippen molar-refractivity contribution in [2.45, 2.75) is 39.8 Å². The molecule has 0 aliphatic carbocycles. The van der Waals surface area contributed by atoms with Gasteiger partial charge in [0.15, 0.2) is 0 Å². The number of aliphatic hydroxyl groups excluding tert-OH is 1. The fourth-order valence-corrected chi connectivity index (χ4v) is 1.97. The Balaban J connectivity index is 2.53. The molecule has 1 aromatic rings. The second-order valence-electron chi connectivity index (χ2n) is 6.03. The van der Waals surface area contributed by atoms with Gasteiger partial charge in [0, 0.05) is 12.6 Å². The zero-order valence-electron chi connectivity index (χ0n) is 11.8. The Morgan fingerprint density at radius 1 is 1.26 bits per heavy atom. The number of aromatic carboxylic acids is 1. The number of hydrogen-bond acceptors (Lipinski definition) is 3. The van der Waals surface area contributed by atoms with Crippen molar-refractivity contribution in [2.75, 3.05) is 6.61 Å². The monoisotopic (exact) mass is 265 g/mol. The van der Waals surface area contributed by atoms with Crippen LogP contribution in [0.5, 0.6) is 0 Å². The minimum absolute atomic E-state index is 0.0548. The van der Waals surface area contributed by atoms with Crippen molar-refractivity contribution in [1.82, 2.24) is 5.32 Å². The summed E-state index contributed by atoms with van der Waals surface area (Å²) in [6, 6.07) is 6.83. The molecule has 0 spiro atoms. The van der Waals surface area contributed by atoms with Crippen molar-refractivity contribution < 1.29 is 15.0 Å². The number of carboxylic acids is 1. The van der Waals surface area contributed by atoms with Crippen LogP contribution in [0.25, 0.3) is 0 Å². The van der Waals surface area contributed by atoms with Crippen molar-refractivity contribution in [3.8, 4) is 0 Å². The number of nitrogens with one attached hydrogen (secondary N) is 1. The molecule has 19 heavy (non-hydrogen) atoms. The summed E-state index contributed by atoms with van der Waals surface area (Å²) in [6.07, 6.45) is 0.886. The van der Waals surface area contributed by atoms with Crippen LogP contribution in [0, 0.1) is 5.41 Å². The van der Waals surface area contributed by atoms with E-state index in [0.717, 1.165) is 12.0 Å². The van der Waals surface area contributed by atoms with Gasteiger partial charge in [0.25, 0.3) is 0 Å². The molecule has 0 heterocycles. The Morgan fingerprint density at radius 2 is 1.84 bits per heavy atom. The Labute approximate surface area is 114 Å².